The van der Waals surface area contributed by atoms with Crippen molar-refractivity contribution in [3.05, 3.63) is 17.7 Å². The Hall–Kier alpha value is -1.40. The number of aryl methyl sites for hydroxylation is 1. The summed E-state index contributed by atoms with van der Waals surface area (Å²) in [5, 5.41) is 3.04. The molecule has 2 aliphatic heterocycles. The number of imidazole rings is 1. The van der Waals surface area contributed by atoms with E-state index in [0.717, 1.165) is 57.7 Å². The van der Waals surface area contributed by atoms with Crippen LogP contribution in [0.3, 0.4) is 0 Å². The standard InChI is InChI=1S/C21H36N4O2/c1-2-3-6-20-22-14-18(24-20)16-25-11-9-17(10-12-25)7-8-21(26)23-15-19-5-4-13-27-19/h14,17,19H,2-13,15-16H2,1H3,(H,22,24)(H,23,26)/t19-/m1/s1. The number of hydrogen-bond acceptors (Lipinski definition) is 4. The molecule has 0 aromatic carbocycles. The van der Waals surface area contributed by atoms with Crippen molar-refractivity contribution in [2.45, 2.75) is 77.4 Å². The number of nitrogens with one attached hydrogen (secondary N) is 2. The lowest BCUT2D eigenvalue weighted by Crippen LogP contribution is -2.35. The Morgan fingerprint density at radius 1 is 1.37 bits per heavy atom. The summed E-state index contributed by atoms with van der Waals surface area (Å²) in [6.45, 7) is 6.94. The van der Waals surface area contributed by atoms with Gasteiger partial charge in [0.25, 0.3) is 0 Å². The van der Waals surface area contributed by atoms with E-state index in [2.05, 4.69) is 27.1 Å². The third-order valence-electron chi connectivity index (χ3n) is 5.88. The van der Waals surface area contributed by atoms with E-state index in [9.17, 15) is 4.79 Å². The van der Waals surface area contributed by atoms with Crippen LogP contribution in [-0.4, -0.2) is 53.1 Å². The van der Waals surface area contributed by atoms with Crippen LogP contribution < -0.4 is 5.32 Å². The Kier molecular flexibility index (Phi) is 8.14. The molecule has 0 spiro atoms. The predicted octanol–water partition coefficient (Wildman–Crippen LogP) is 3.04. The number of aromatic amines is 1. The van der Waals surface area contributed by atoms with E-state index in [1.807, 2.05) is 6.20 Å². The fourth-order valence-corrected chi connectivity index (χ4v) is 4.09. The van der Waals surface area contributed by atoms with Crippen molar-refractivity contribution in [2.75, 3.05) is 26.2 Å². The third-order valence-corrected chi connectivity index (χ3v) is 5.88. The fourth-order valence-electron chi connectivity index (χ4n) is 4.09. The molecule has 2 fully saturated rings. The van der Waals surface area contributed by atoms with Crippen LogP contribution in [0.15, 0.2) is 6.20 Å². The van der Waals surface area contributed by atoms with Gasteiger partial charge in [-0.05, 0) is 57.5 Å². The molecule has 6 nitrogen and oxygen atoms in total. The van der Waals surface area contributed by atoms with Gasteiger partial charge in [-0.15, -0.1) is 0 Å². The van der Waals surface area contributed by atoms with Gasteiger partial charge in [0.05, 0.1) is 6.10 Å². The third kappa shape index (κ3) is 6.92. The van der Waals surface area contributed by atoms with Gasteiger partial charge in [0.1, 0.15) is 5.82 Å². The highest BCUT2D eigenvalue weighted by Gasteiger charge is 2.21. The van der Waals surface area contributed by atoms with E-state index in [-0.39, 0.29) is 12.0 Å². The molecule has 2 aliphatic rings. The zero-order valence-corrected chi connectivity index (χ0v) is 16.8. The number of carbonyl (C=O) groups excluding carboxylic acids is 1. The number of likely N-dealkylation sites (tertiary alicyclic amines) is 1. The topological polar surface area (TPSA) is 70.2 Å². The van der Waals surface area contributed by atoms with Crippen molar-refractivity contribution in [3.63, 3.8) is 0 Å². The number of rotatable bonds is 10. The van der Waals surface area contributed by atoms with Gasteiger partial charge in [0.2, 0.25) is 5.91 Å². The summed E-state index contributed by atoms with van der Waals surface area (Å²) in [4.78, 5) is 22.5. The molecule has 0 bridgehead atoms. The number of carbonyl (C=O) groups is 1. The molecule has 0 unspecified atom stereocenters. The van der Waals surface area contributed by atoms with E-state index >= 15 is 0 Å². The zero-order valence-electron chi connectivity index (χ0n) is 16.8. The molecular formula is C21H36N4O2. The van der Waals surface area contributed by atoms with Gasteiger partial charge in [0, 0.05) is 44.4 Å². The van der Waals surface area contributed by atoms with Crippen LogP contribution in [0.2, 0.25) is 0 Å². The van der Waals surface area contributed by atoms with Crippen LogP contribution in [0, 0.1) is 5.92 Å². The Balaban J connectivity index is 1.28. The summed E-state index contributed by atoms with van der Waals surface area (Å²) in [6.07, 6.45) is 11.9. The molecule has 0 radical (unpaired) electrons. The summed E-state index contributed by atoms with van der Waals surface area (Å²) in [5.74, 6) is 1.98. The number of ether oxygens (including phenoxy) is 1. The van der Waals surface area contributed by atoms with Crippen LogP contribution in [0.25, 0.3) is 0 Å². The monoisotopic (exact) mass is 376 g/mol. The number of hydrogen-bond donors (Lipinski definition) is 2. The number of aromatic nitrogens is 2. The maximum atomic E-state index is 12.0. The van der Waals surface area contributed by atoms with Crippen molar-refractivity contribution < 1.29 is 9.53 Å². The van der Waals surface area contributed by atoms with Crippen molar-refractivity contribution in [2.24, 2.45) is 5.92 Å². The highest BCUT2D eigenvalue weighted by molar-refractivity contribution is 5.75. The molecule has 3 heterocycles. The predicted molar refractivity (Wildman–Crippen MR) is 106 cm³/mol. The number of piperidine rings is 1. The van der Waals surface area contributed by atoms with E-state index in [4.69, 9.17) is 4.74 Å². The summed E-state index contributed by atoms with van der Waals surface area (Å²) < 4.78 is 5.55. The van der Waals surface area contributed by atoms with Crippen molar-refractivity contribution >= 4 is 5.91 Å². The fraction of sp³-hybridized carbons (Fsp3) is 0.810. The molecule has 0 saturated carbocycles. The summed E-state index contributed by atoms with van der Waals surface area (Å²) in [7, 11) is 0. The minimum Gasteiger partial charge on any atom is -0.376 e. The van der Waals surface area contributed by atoms with E-state index in [1.54, 1.807) is 0 Å². The lowest BCUT2D eigenvalue weighted by Gasteiger charge is -2.31. The number of amides is 1. The number of H-pyrrole nitrogens is 1. The van der Waals surface area contributed by atoms with Gasteiger partial charge in [-0.2, -0.15) is 0 Å². The summed E-state index contributed by atoms with van der Waals surface area (Å²) in [6, 6.07) is 0. The summed E-state index contributed by atoms with van der Waals surface area (Å²) in [5.41, 5.74) is 1.23. The molecule has 1 aromatic heterocycles. The maximum absolute atomic E-state index is 12.0. The molecule has 3 rings (SSSR count). The smallest absolute Gasteiger partial charge is 0.220 e. The quantitative estimate of drug-likeness (QED) is 0.658. The largest absolute Gasteiger partial charge is 0.376 e. The normalized spacial score (nSPS) is 21.6. The second-order valence-electron chi connectivity index (χ2n) is 8.16. The first-order valence-corrected chi connectivity index (χ1v) is 10.9. The maximum Gasteiger partial charge on any atom is 0.220 e. The van der Waals surface area contributed by atoms with Gasteiger partial charge in [0.15, 0.2) is 0 Å². The van der Waals surface area contributed by atoms with Crippen LogP contribution >= 0.6 is 0 Å². The lowest BCUT2D eigenvalue weighted by atomic mass is 9.92. The second-order valence-corrected chi connectivity index (χ2v) is 8.16. The second kappa shape index (κ2) is 10.8. The Bertz CT molecular complexity index is 560. The minimum absolute atomic E-state index is 0.185. The highest BCUT2D eigenvalue weighted by atomic mass is 16.5. The number of nitrogens with zero attached hydrogens (tertiary/aromatic N) is 2. The molecule has 0 aliphatic carbocycles. The van der Waals surface area contributed by atoms with Crippen LogP contribution in [0.1, 0.15) is 69.8 Å². The van der Waals surface area contributed by atoms with E-state index in [0.29, 0.717) is 18.9 Å². The Morgan fingerprint density at radius 2 is 2.22 bits per heavy atom. The molecule has 1 aromatic rings. The van der Waals surface area contributed by atoms with Gasteiger partial charge < -0.3 is 15.0 Å². The molecule has 27 heavy (non-hydrogen) atoms. The SMILES string of the molecule is CCCCc1ncc(CN2CCC(CCC(=O)NC[C@H]3CCCO3)CC2)[nH]1. The first-order valence-electron chi connectivity index (χ1n) is 10.9. The van der Waals surface area contributed by atoms with Gasteiger partial charge >= 0.3 is 0 Å². The average Bonchev–Trinajstić information content (AvgIpc) is 3.36. The minimum atomic E-state index is 0.185. The summed E-state index contributed by atoms with van der Waals surface area (Å²) >= 11 is 0. The van der Waals surface area contributed by atoms with Crippen molar-refractivity contribution in [1.82, 2.24) is 20.2 Å². The molecule has 152 valence electrons. The van der Waals surface area contributed by atoms with E-state index in [1.165, 1.54) is 31.4 Å². The van der Waals surface area contributed by atoms with Gasteiger partial charge in [-0.1, -0.05) is 13.3 Å². The van der Waals surface area contributed by atoms with Crippen LogP contribution in [0.5, 0.6) is 0 Å². The first kappa shape index (κ1) is 20.3. The molecule has 6 heteroatoms. The molecule has 2 saturated heterocycles. The Labute approximate surface area is 163 Å². The van der Waals surface area contributed by atoms with Gasteiger partial charge in [-0.3, -0.25) is 9.69 Å². The first-order chi connectivity index (χ1) is 13.2. The Morgan fingerprint density at radius 3 is 2.96 bits per heavy atom. The lowest BCUT2D eigenvalue weighted by molar-refractivity contribution is -0.122. The zero-order chi connectivity index (χ0) is 18.9. The molecular weight excluding hydrogens is 340 g/mol. The highest BCUT2D eigenvalue weighted by Crippen LogP contribution is 2.23. The molecule has 1 amide bonds. The van der Waals surface area contributed by atoms with Crippen molar-refractivity contribution in [3.8, 4) is 0 Å². The van der Waals surface area contributed by atoms with Crippen LogP contribution in [0.4, 0.5) is 0 Å². The molecule has 1 atom stereocenters. The van der Waals surface area contributed by atoms with Crippen molar-refractivity contribution in [1.29, 1.82) is 0 Å². The van der Waals surface area contributed by atoms with Crippen LogP contribution in [-0.2, 0) is 22.5 Å². The van der Waals surface area contributed by atoms with Gasteiger partial charge in [-0.25, -0.2) is 4.98 Å². The average molecular weight is 377 g/mol. The number of unbranched alkanes of at least 4 members (excludes halogenated alkanes) is 1. The van der Waals surface area contributed by atoms with E-state index < -0.39 is 0 Å². The molecule has 2 N–H and O–H groups in total.